The fourth-order valence-electron chi connectivity index (χ4n) is 1.68. The van der Waals surface area contributed by atoms with Crippen molar-refractivity contribution in [1.82, 2.24) is 10.6 Å². The molecule has 0 spiro atoms. The molecule has 10 nitrogen and oxygen atoms in total. The van der Waals surface area contributed by atoms with Crippen LogP contribution in [-0.2, 0) is 63.7 Å². The molecule has 0 fully saturated rings. The average Bonchev–Trinajstić information content (AvgIpc) is 2.56. The average molecular weight is 633 g/mol. The third kappa shape index (κ3) is 26.9. The molecule has 3 amide bonds. The van der Waals surface area contributed by atoms with Gasteiger partial charge >= 0.3 is 0 Å². The Morgan fingerprint density at radius 1 is 1.13 bits per heavy atom. The maximum Gasteiger partial charge on any atom is 0.292 e. The van der Waals surface area contributed by atoms with Gasteiger partial charge in [-0.2, -0.15) is 0 Å². The van der Waals surface area contributed by atoms with Crippen LogP contribution in [-0.4, -0.2) is 66.4 Å². The van der Waals surface area contributed by atoms with Crippen molar-refractivity contribution < 1.29 is 51.0 Å². The fourth-order valence-corrected chi connectivity index (χ4v) is 1.78. The largest absolute Gasteiger partial charge is 0.784 e. The second kappa shape index (κ2) is 18.5. The number of hydrogen-bond donors (Lipinski definition) is 4. The van der Waals surface area contributed by atoms with Crippen LogP contribution in [0.5, 0.6) is 0 Å². The van der Waals surface area contributed by atoms with Crippen LogP contribution in [0.15, 0.2) is 0 Å². The van der Waals surface area contributed by atoms with Gasteiger partial charge in [-0.1, -0.05) is 13.8 Å². The monoisotopic (exact) mass is 632 g/mol. The molecule has 0 heterocycles. The molecular formula is C19H39N4O6STa-. The summed E-state index contributed by atoms with van der Waals surface area (Å²) in [5.74, 6) is -1.05. The van der Waals surface area contributed by atoms with E-state index >= 15 is 0 Å². The number of nitrogens with two attached hydrogens (primary N) is 2. The first-order valence-electron chi connectivity index (χ1n) is 9.32. The van der Waals surface area contributed by atoms with Gasteiger partial charge in [0.25, 0.3) is 6.47 Å². The molecule has 6 N–H and O–H groups in total. The van der Waals surface area contributed by atoms with Crippen molar-refractivity contribution in [2.24, 2.45) is 11.5 Å². The van der Waals surface area contributed by atoms with Gasteiger partial charge in [-0.05, 0) is 34.6 Å². The number of hydrogen-bond acceptors (Lipinski definition) is 8. The minimum absolute atomic E-state index is 0. The van der Waals surface area contributed by atoms with E-state index in [0.717, 1.165) is 0 Å². The van der Waals surface area contributed by atoms with Crippen LogP contribution in [0.25, 0.3) is 0 Å². The summed E-state index contributed by atoms with van der Waals surface area (Å²) >= 11 is 5.12. The summed E-state index contributed by atoms with van der Waals surface area (Å²) in [6, 6.07) is -1.01. The first kappa shape index (κ1) is 37.2. The zero-order valence-electron chi connectivity index (χ0n) is 20.0. The van der Waals surface area contributed by atoms with Crippen molar-refractivity contribution >= 4 is 36.8 Å². The van der Waals surface area contributed by atoms with E-state index in [4.69, 9.17) is 27.9 Å². The number of methoxy groups -OCH3 is 1. The van der Waals surface area contributed by atoms with E-state index in [0.29, 0.717) is 6.47 Å². The van der Waals surface area contributed by atoms with Gasteiger partial charge in [0.15, 0.2) is 0 Å². The zero-order chi connectivity index (χ0) is 24.7. The molecule has 0 aromatic carbocycles. The summed E-state index contributed by atoms with van der Waals surface area (Å²) in [7, 11) is 1.31. The predicted octanol–water partition coefficient (Wildman–Crippen LogP) is -0.258. The minimum atomic E-state index is -0.837. The Labute approximate surface area is 207 Å². The summed E-state index contributed by atoms with van der Waals surface area (Å²) in [6.45, 7) is 14.5. The quantitative estimate of drug-likeness (QED) is 0.210. The van der Waals surface area contributed by atoms with E-state index in [2.05, 4.69) is 21.1 Å². The first-order valence-corrected chi connectivity index (χ1v) is 9.73. The molecule has 3 atom stereocenters. The molecule has 0 aliphatic carbocycles. The van der Waals surface area contributed by atoms with Gasteiger partial charge in [0.1, 0.15) is 0 Å². The van der Waals surface area contributed by atoms with Gasteiger partial charge in [0.05, 0.1) is 37.4 Å². The summed E-state index contributed by atoms with van der Waals surface area (Å²) in [5, 5.41) is 5.29. The van der Waals surface area contributed by atoms with E-state index in [1.807, 2.05) is 34.6 Å². The van der Waals surface area contributed by atoms with E-state index in [1.165, 1.54) is 14.0 Å². The number of carbonyl (C=O) groups excluding carboxylic acids is 4. The Morgan fingerprint density at radius 2 is 1.52 bits per heavy atom. The van der Waals surface area contributed by atoms with Crippen LogP contribution < -0.4 is 22.1 Å². The van der Waals surface area contributed by atoms with Gasteiger partial charge in [0, 0.05) is 29.3 Å². The van der Waals surface area contributed by atoms with Gasteiger partial charge in [-0.25, -0.2) is 0 Å². The summed E-state index contributed by atoms with van der Waals surface area (Å²) in [6.07, 6.45) is -0.145. The Kier molecular flexibility index (Phi) is 22.2. The standard InChI is InChI=1S/C15H31N3O3S.C2H5NO.C2H4O2.Ta/c1-9(10(2)21-14(3,4)5)18-11(19)8-17-13(20)12(16)15(6,7)22;1-2(3)4;1-4-2-3;/h9-10,12,22H,8,16H2,1-7H3,(H,17,20)(H,18,19);1H3,(H2,3,4);2H,1H3;/p-1. The van der Waals surface area contributed by atoms with Crippen molar-refractivity contribution in [3.63, 3.8) is 0 Å². The molecule has 0 saturated heterocycles. The molecule has 183 valence electrons. The predicted molar refractivity (Wildman–Crippen MR) is 118 cm³/mol. The summed E-state index contributed by atoms with van der Waals surface area (Å²) in [4.78, 5) is 41.8. The fraction of sp³-hybridized carbons (Fsp3) is 0.789. The van der Waals surface area contributed by atoms with Crippen LogP contribution >= 0.6 is 0 Å². The van der Waals surface area contributed by atoms with Gasteiger partial charge in [-0.3, -0.25) is 19.2 Å². The topological polar surface area (TPSA) is 163 Å². The van der Waals surface area contributed by atoms with Gasteiger partial charge < -0.3 is 44.2 Å². The molecule has 0 aliphatic rings. The smallest absolute Gasteiger partial charge is 0.292 e. The van der Waals surface area contributed by atoms with E-state index in [1.54, 1.807) is 13.8 Å². The Balaban J connectivity index is -0.000000345. The van der Waals surface area contributed by atoms with Crippen LogP contribution in [0.1, 0.15) is 55.4 Å². The normalized spacial score (nSPS) is 13.3. The molecule has 31 heavy (non-hydrogen) atoms. The molecular weight excluding hydrogens is 593 g/mol. The summed E-state index contributed by atoms with van der Waals surface area (Å²) in [5.41, 5.74) is 9.92. The molecule has 0 rings (SSSR count). The number of ether oxygens (including phenoxy) is 2. The van der Waals surface area contributed by atoms with Crippen molar-refractivity contribution in [2.75, 3.05) is 13.7 Å². The molecule has 0 saturated carbocycles. The Morgan fingerprint density at radius 3 is 1.81 bits per heavy atom. The van der Waals surface area contributed by atoms with Crippen molar-refractivity contribution in [1.29, 1.82) is 0 Å². The number of carbonyl (C=O) groups is 4. The minimum Gasteiger partial charge on any atom is -0.784 e. The van der Waals surface area contributed by atoms with Crippen molar-refractivity contribution in [3.8, 4) is 0 Å². The second-order valence-corrected chi connectivity index (χ2v) is 9.09. The van der Waals surface area contributed by atoms with E-state index in [-0.39, 0.29) is 58.5 Å². The molecule has 1 radical (unpaired) electrons. The van der Waals surface area contributed by atoms with Crippen LogP contribution in [0.2, 0.25) is 0 Å². The maximum absolute atomic E-state index is 11.9. The van der Waals surface area contributed by atoms with Crippen LogP contribution in [0.4, 0.5) is 0 Å². The second-order valence-electron chi connectivity index (χ2n) is 8.03. The third-order valence-corrected chi connectivity index (χ3v) is 3.44. The molecule has 0 aromatic heterocycles. The van der Waals surface area contributed by atoms with Gasteiger partial charge in [-0.15, -0.1) is 4.75 Å². The summed E-state index contributed by atoms with van der Waals surface area (Å²) < 4.78 is 8.87. The van der Waals surface area contributed by atoms with Crippen LogP contribution in [0, 0.1) is 0 Å². The van der Waals surface area contributed by atoms with Crippen LogP contribution in [0.3, 0.4) is 0 Å². The van der Waals surface area contributed by atoms with E-state index in [9.17, 15) is 14.4 Å². The Hall–Kier alpha value is -1.11. The molecule has 0 bridgehead atoms. The molecule has 0 aliphatic heterocycles. The number of primary amides is 1. The number of nitrogens with one attached hydrogen (secondary N) is 2. The van der Waals surface area contributed by atoms with Crippen molar-refractivity contribution in [2.45, 2.75) is 83.9 Å². The third-order valence-electron chi connectivity index (χ3n) is 3.18. The number of rotatable bonds is 8. The molecule has 0 aromatic rings. The molecule has 3 unspecified atom stereocenters. The van der Waals surface area contributed by atoms with Gasteiger partial charge in [0.2, 0.25) is 17.7 Å². The van der Waals surface area contributed by atoms with E-state index < -0.39 is 16.7 Å². The molecule has 12 heteroatoms. The number of amides is 3. The zero-order valence-corrected chi connectivity index (χ0v) is 24.0. The Bertz CT molecular complexity index is 534. The van der Waals surface area contributed by atoms with Crippen molar-refractivity contribution in [3.05, 3.63) is 0 Å². The maximum atomic E-state index is 11.9. The SMILES string of the molecule is CC(N)=O.CC(NC(=O)CNC(=O)C(N)C(C)(C)[S-])C(C)OC(C)(C)C.COC=O.[Ta]. The first-order chi connectivity index (χ1) is 13.4.